The summed E-state index contributed by atoms with van der Waals surface area (Å²) >= 11 is 0. The predicted molar refractivity (Wildman–Crippen MR) is 82.5 cm³/mol. The van der Waals surface area contributed by atoms with Gasteiger partial charge < -0.3 is 10.0 Å². The fourth-order valence-corrected chi connectivity index (χ4v) is 2.76. The summed E-state index contributed by atoms with van der Waals surface area (Å²) in [5.41, 5.74) is 4.73. The number of likely N-dealkylation sites (N-methyl/N-ethyl adjacent to an activating group) is 1. The molecular weight excluding hydrogens is 234 g/mol. The molecule has 0 aliphatic heterocycles. The van der Waals surface area contributed by atoms with Gasteiger partial charge in [0.05, 0.1) is 6.10 Å². The van der Waals surface area contributed by atoms with Gasteiger partial charge in [-0.1, -0.05) is 31.5 Å². The summed E-state index contributed by atoms with van der Waals surface area (Å²) in [6.07, 6.45) is -0.410. The molecule has 0 heterocycles. The standard InChI is InChI=1S/C17H29NO/c1-11(2)15(6)18(7)10-16(19)17-13(4)8-12(3)9-14(17)5/h8-9,11,15-16,19H,10H2,1-7H3. The van der Waals surface area contributed by atoms with Gasteiger partial charge in [-0.2, -0.15) is 0 Å². The number of rotatable bonds is 5. The number of nitrogens with zero attached hydrogens (tertiary/aromatic N) is 1. The molecule has 108 valence electrons. The largest absolute Gasteiger partial charge is 0.387 e. The van der Waals surface area contributed by atoms with E-state index in [1.807, 2.05) is 0 Å². The van der Waals surface area contributed by atoms with Crippen molar-refractivity contribution in [3.63, 3.8) is 0 Å². The highest BCUT2D eigenvalue weighted by atomic mass is 16.3. The number of aliphatic hydroxyl groups excluding tert-OH is 1. The normalized spacial score (nSPS) is 15.1. The maximum atomic E-state index is 10.5. The Hall–Kier alpha value is -0.860. The molecule has 0 saturated carbocycles. The molecule has 2 unspecified atom stereocenters. The van der Waals surface area contributed by atoms with Gasteiger partial charge in [0.25, 0.3) is 0 Å². The van der Waals surface area contributed by atoms with E-state index in [2.05, 4.69) is 65.6 Å². The Morgan fingerprint density at radius 2 is 1.53 bits per heavy atom. The van der Waals surface area contributed by atoms with Gasteiger partial charge in [0, 0.05) is 12.6 Å². The minimum absolute atomic E-state index is 0.410. The second kappa shape index (κ2) is 6.53. The number of aryl methyl sites for hydroxylation is 3. The summed E-state index contributed by atoms with van der Waals surface area (Å²) in [4.78, 5) is 2.24. The van der Waals surface area contributed by atoms with Gasteiger partial charge in [-0.25, -0.2) is 0 Å². The first-order valence-corrected chi connectivity index (χ1v) is 7.20. The number of aliphatic hydroxyl groups is 1. The Morgan fingerprint density at radius 1 is 1.05 bits per heavy atom. The molecule has 1 aromatic rings. The van der Waals surface area contributed by atoms with E-state index in [1.54, 1.807) is 0 Å². The Balaban J connectivity index is 2.87. The molecule has 1 rings (SSSR count). The fourth-order valence-electron chi connectivity index (χ4n) is 2.76. The zero-order valence-corrected chi connectivity index (χ0v) is 13.5. The van der Waals surface area contributed by atoms with Crippen molar-refractivity contribution < 1.29 is 5.11 Å². The van der Waals surface area contributed by atoms with Crippen LogP contribution in [0.1, 0.15) is 49.1 Å². The van der Waals surface area contributed by atoms with Gasteiger partial charge in [0.15, 0.2) is 0 Å². The highest BCUT2D eigenvalue weighted by Crippen LogP contribution is 2.25. The lowest BCUT2D eigenvalue weighted by atomic mass is 9.95. The van der Waals surface area contributed by atoms with Crippen LogP contribution in [0.25, 0.3) is 0 Å². The maximum Gasteiger partial charge on any atom is 0.0922 e. The van der Waals surface area contributed by atoms with Gasteiger partial charge in [-0.05, 0) is 57.4 Å². The van der Waals surface area contributed by atoms with Crippen molar-refractivity contribution >= 4 is 0 Å². The smallest absolute Gasteiger partial charge is 0.0922 e. The third-order valence-electron chi connectivity index (χ3n) is 4.19. The molecular formula is C17H29NO. The van der Waals surface area contributed by atoms with Gasteiger partial charge >= 0.3 is 0 Å². The highest BCUT2D eigenvalue weighted by molar-refractivity contribution is 5.39. The minimum atomic E-state index is -0.410. The molecule has 0 fully saturated rings. The van der Waals surface area contributed by atoms with Crippen molar-refractivity contribution in [2.24, 2.45) is 5.92 Å². The van der Waals surface area contributed by atoms with Gasteiger partial charge in [0.2, 0.25) is 0 Å². The first-order chi connectivity index (χ1) is 8.73. The van der Waals surface area contributed by atoms with Crippen LogP contribution in [0, 0.1) is 26.7 Å². The lowest BCUT2D eigenvalue weighted by Gasteiger charge is -2.30. The monoisotopic (exact) mass is 263 g/mol. The summed E-state index contributed by atoms with van der Waals surface area (Å²) in [6.45, 7) is 13.6. The Morgan fingerprint density at radius 3 is 1.95 bits per heavy atom. The molecule has 0 amide bonds. The third kappa shape index (κ3) is 4.05. The van der Waals surface area contributed by atoms with Crippen molar-refractivity contribution in [1.29, 1.82) is 0 Å². The number of benzene rings is 1. The first-order valence-electron chi connectivity index (χ1n) is 7.20. The van der Waals surface area contributed by atoms with E-state index in [9.17, 15) is 5.11 Å². The van der Waals surface area contributed by atoms with Crippen LogP contribution < -0.4 is 0 Å². The second-order valence-electron chi connectivity index (χ2n) is 6.25. The summed E-state index contributed by atoms with van der Waals surface area (Å²) in [6, 6.07) is 4.77. The number of hydrogen-bond donors (Lipinski definition) is 1. The third-order valence-corrected chi connectivity index (χ3v) is 4.19. The van der Waals surface area contributed by atoms with Crippen molar-refractivity contribution in [1.82, 2.24) is 4.90 Å². The molecule has 19 heavy (non-hydrogen) atoms. The van der Waals surface area contributed by atoms with Crippen molar-refractivity contribution in [3.8, 4) is 0 Å². The van der Waals surface area contributed by atoms with Crippen LogP contribution in [0.4, 0.5) is 0 Å². The lowest BCUT2D eigenvalue weighted by molar-refractivity contribution is 0.0947. The van der Waals surface area contributed by atoms with E-state index in [1.165, 1.54) is 16.7 Å². The molecule has 1 aromatic carbocycles. The minimum Gasteiger partial charge on any atom is -0.387 e. The van der Waals surface area contributed by atoms with Crippen LogP contribution in [-0.2, 0) is 0 Å². The molecule has 2 nitrogen and oxygen atoms in total. The average molecular weight is 263 g/mol. The van der Waals surface area contributed by atoms with Crippen LogP contribution in [0.15, 0.2) is 12.1 Å². The van der Waals surface area contributed by atoms with Crippen LogP contribution in [0.3, 0.4) is 0 Å². The molecule has 1 N–H and O–H groups in total. The highest BCUT2D eigenvalue weighted by Gasteiger charge is 2.20. The molecule has 0 aliphatic rings. The Labute approximate surface area is 118 Å². The molecule has 0 spiro atoms. The van der Waals surface area contributed by atoms with Crippen LogP contribution >= 0.6 is 0 Å². The topological polar surface area (TPSA) is 23.5 Å². The van der Waals surface area contributed by atoms with E-state index in [4.69, 9.17) is 0 Å². The second-order valence-corrected chi connectivity index (χ2v) is 6.25. The SMILES string of the molecule is Cc1cc(C)c(C(O)CN(C)C(C)C(C)C)c(C)c1. The zero-order chi connectivity index (χ0) is 14.7. The van der Waals surface area contributed by atoms with E-state index in [-0.39, 0.29) is 0 Å². The Bertz CT molecular complexity index is 402. The predicted octanol–water partition coefficient (Wildman–Crippen LogP) is 3.62. The quantitative estimate of drug-likeness (QED) is 0.877. The average Bonchev–Trinajstić information content (AvgIpc) is 2.25. The molecule has 0 radical (unpaired) electrons. The number of hydrogen-bond acceptors (Lipinski definition) is 2. The Kier molecular flexibility index (Phi) is 5.57. The lowest BCUT2D eigenvalue weighted by Crippen LogP contribution is -2.36. The molecule has 0 saturated heterocycles. The fraction of sp³-hybridized carbons (Fsp3) is 0.647. The molecule has 0 bridgehead atoms. The van der Waals surface area contributed by atoms with E-state index >= 15 is 0 Å². The van der Waals surface area contributed by atoms with E-state index < -0.39 is 6.10 Å². The summed E-state index contributed by atoms with van der Waals surface area (Å²) in [5.74, 6) is 0.595. The maximum absolute atomic E-state index is 10.5. The molecule has 2 atom stereocenters. The van der Waals surface area contributed by atoms with Crippen molar-refractivity contribution in [3.05, 3.63) is 34.4 Å². The zero-order valence-electron chi connectivity index (χ0n) is 13.5. The van der Waals surface area contributed by atoms with Crippen LogP contribution in [-0.4, -0.2) is 29.6 Å². The van der Waals surface area contributed by atoms with Gasteiger partial charge in [-0.15, -0.1) is 0 Å². The first kappa shape index (κ1) is 16.2. The molecule has 0 aromatic heterocycles. The van der Waals surface area contributed by atoms with Crippen molar-refractivity contribution in [2.45, 2.75) is 53.7 Å². The van der Waals surface area contributed by atoms with Crippen LogP contribution in [0.5, 0.6) is 0 Å². The summed E-state index contributed by atoms with van der Waals surface area (Å²) < 4.78 is 0. The van der Waals surface area contributed by atoms with Gasteiger partial charge in [0.1, 0.15) is 0 Å². The molecule has 2 heteroatoms. The van der Waals surface area contributed by atoms with Crippen molar-refractivity contribution in [2.75, 3.05) is 13.6 Å². The van der Waals surface area contributed by atoms with Gasteiger partial charge in [-0.3, -0.25) is 0 Å². The summed E-state index contributed by atoms with van der Waals surface area (Å²) in [5, 5.41) is 10.5. The van der Waals surface area contributed by atoms with E-state index in [0.29, 0.717) is 18.5 Å². The summed E-state index contributed by atoms with van der Waals surface area (Å²) in [7, 11) is 2.09. The molecule has 0 aliphatic carbocycles. The van der Waals surface area contributed by atoms with E-state index in [0.717, 1.165) is 5.56 Å². The van der Waals surface area contributed by atoms with Crippen LogP contribution in [0.2, 0.25) is 0 Å².